The summed E-state index contributed by atoms with van der Waals surface area (Å²) in [5, 5.41) is 10.8. The summed E-state index contributed by atoms with van der Waals surface area (Å²) in [5.74, 6) is 0. The number of hydrogen-bond donors (Lipinski definition) is 0. The summed E-state index contributed by atoms with van der Waals surface area (Å²) in [6, 6.07) is 3.91. The molecule has 1 heterocycles. The smallest absolute Gasteiger partial charge is 0.289 e. The zero-order valence-electron chi connectivity index (χ0n) is 9.39. The van der Waals surface area contributed by atoms with Gasteiger partial charge in [0.1, 0.15) is 6.29 Å². The van der Waals surface area contributed by atoms with Gasteiger partial charge >= 0.3 is 0 Å². The molecule has 0 spiro atoms. The summed E-state index contributed by atoms with van der Waals surface area (Å²) in [5.41, 5.74) is -0.485. The molecule has 1 saturated heterocycles. The summed E-state index contributed by atoms with van der Waals surface area (Å²) in [6.07, 6.45) is 0.525. The highest BCUT2D eigenvalue weighted by Gasteiger charge is 2.53. The largest absolute Gasteiger partial charge is 0.302 e. The molecule has 0 saturated carbocycles. The van der Waals surface area contributed by atoms with Gasteiger partial charge in [-0.25, -0.2) is 8.42 Å². The molecule has 3 atom stereocenters. The number of nitrogens with zero attached hydrogens (tertiary/aromatic N) is 2. The fraction of sp³-hybridized carbons (Fsp3) is 0.300. The fourth-order valence-electron chi connectivity index (χ4n) is 1.84. The molecule has 96 valence electrons. The van der Waals surface area contributed by atoms with Gasteiger partial charge in [0, 0.05) is 12.1 Å². The van der Waals surface area contributed by atoms with Crippen LogP contribution >= 0.6 is 0 Å². The second-order valence-electron chi connectivity index (χ2n) is 3.93. The van der Waals surface area contributed by atoms with Gasteiger partial charge in [-0.3, -0.25) is 10.1 Å². The van der Waals surface area contributed by atoms with Crippen LogP contribution in [0.4, 0.5) is 5.69 Å². The third-order valence-corrected chi connectivity index (χ3v) is 4.89. The van der Waals surface area contributed by atoms with Crippen molar-refractivity contribution < 1.29 is 18.1 Å². The van der Waals surface area contributed by atoms with Crippen LogP contribution in [0.15, 0.2) is 29.2 Å². The number of para-hydroxylation sites is 1. The van der Waals surface area contributed by atoms with Gasteiger partial charge in [0.25, 0.3) is 15.7 Å². The predicted octanol–water partition coefficient (Wildman–Crippen LogP) is 0.555. The number of carbonyl (C=O) groups is 1. The van der Waals surface area contributed by atoms with E-state index in [1.54, 1.807) is 6.92 Å². The summed E-state index contributed by atoms with van der Waals surface area (Å²) in [4.78, 5) is 20.3. The lowest BCUT2D eigenvalue weighted by Gasteiger charge is -2.05. The van der Waals surface area contributed by atoms with E-state index in [0.29, 0.717) is 6.29 Å². The molecule has 7 nitrogen and oxygen atoms in total. The highest BCUT2D eigenvalue weighted by molar-refractivity contribution is 7.89. The molecule has 1 aliphatic heterocycles. The Hall–Kier alpha value is -1.80. The fourth-order valence-corrected chi connectivity index (χ4v) is 3.78. The van der Waals surface area contributed by atoms with Gasteiger partial charge in [0.2, 0.25) is 0 Å². The molecule has 2 rings (SSSR count). The van der Waals surface area contributed by atoms with E-state index in [1.807, 2.05) is 0 Å². The van der Waals surface area contributed by atoms with E-state index in [0.717, 1.165) is 10.4 Å². The maximum atomic E-state index is 12.2. The van der Waals surface area contributed by atoms with Gasteiger partial charge in [-0.1, -0.05) is 12.1 Å². The topological polar surface area (TPSA) is 97.4 Å². The molecule has 8 heteroatoms. The first kappa shape index (κ1) is 12.7. The van der Waals surface area contributed by atoms with Crippen molar-refractivity contribution in [1.29, 1.82) is 0 Å². The van der Waals surface area contributed by atoms with E-state index in [-0.39, 0.29) is 4.90 Å². The van der Waals surface area contributed by atoms with Crippen LogP contribution in [0.1, 0.15) is 6.92 Å². The van der Waals surface area contributed by atoms with Crippen LogP contribution in [-0.4, -0.2) is 36.0 Å². The lowest BCUT2D eigenvalue weighted by molar-refractivity contribution is -0.387. The van der Waals surface area contributed by atoms with E-state index in [4.69, 9.17) is 0 Å². The molecule has 18 heavy (non-hydrogen) atoms. The number of rotatable bonds is 4. The minimum atomic E-state index is -3.99. The van der Waals surface area contributed by atoms with Gasteiger partial charge in [0.05, 0.1) is 11.0 Å². The first-order valence-corrected chi connectivity index (χ1v) is 6.57. The van der Waals surface area contributed by atoms with Crippen LogP contribution in [0.3, 0.4) is 0 Å². The van der Waals surface area contributed by atoms with E-state index in [9.17, 15) is 23.3 Å². The Kier molecular flexibility index (Phi) is 2.91. The number of nitro benzene ring substituents is 1. The van der Waals surface area contributed by atoms with Crippen LogP contribution in [0.5, 0.6) is 0 Å². The minimum absolute atomic E-state index is 0.383. The monoisotopic (exact) mass is 270 g/mol. The van der Waals surface area contributed by atoms with Gasteiger partial charge in [-0.05, 0) is 13.0 Å². The Morgan fingerprint density at radius 1 is 1.39 bits per heavy atom. The molecular weight excluding hydrogens is 260 g/mol. The zero-order valence-corrected chi connectivity index (χ0v) is 10.2. The number of sulfonamides is 1. The molecule has 0 aliphatic carbocycles. The zero-order chi connectivity index (χ0) is 13.5. The Morgan fingerprint density at radius 3 is 2.50 bits per heavy atom. The van der Waals surface area contributed by atoms with Crippen molar-refractivity contribution in [2.75, 3.05) is 0 Å². The Bertz CT molecular complexity index is 612. The first-order chi connectivity index (χ1) is 8.41. The van der Waals surface area contributed by atoms with Crippen molar-refractivity contribution in [1.82, 2.24) is 4.31 Å². The standard InChI is InChI=1S/C10H10N2O5S/c1-7-9(6-13)11(7)18(16,17)10-5-3-2-4-8(10)12(14)15/h2-7,9H,1H3/t7-,9+,11?/m0/s1. The molecule has 0 bridgehead atoms. The predicted molar refractivity (Wildman–Crippen MR) is 61.4 cm³/mol. The van der Waals surface area contributed by atoms with Crippen molar-refractivity contribution >= 4 is 22.0 Å². The maximum Gasteiger partial charge on any atom is 0.289 e. The Balaban J connectivity index is 2.50. The molecule has 0 aromatic heterocycles. The van der Waals surface area contributed by atoms with Crippen LogP contribution < -0.4 is 0 Å². The second-order valence-corrected chi connectivity index (χ2v) is 5.74. The van der Waals surface area contributed by atoms with Gasteiger partial charge in [0.15, 0.2) is 4.90 Å². The molecule has 1 aromatic carbocycles. The van der Waals surface area contributed by atoms with Crippen molar-refractivity contribution in [2.45, 2.75) is 23.9 Å². The number of hydrogen-bond acceptors (Lipinski definition) is 5. The number of benzene rings is 1. The van der Waals surface area contributed by atoms with Gasteiger partial charge < -0.3 is 4.79 Å². The van der Waals surface area contributed by atoms with E-state index >= 15 is 0 Å². The third kappa shape index (κ3) is 1.79. The van der Waals surface area contributed by atoms with Crippen LogP contribution in [0, 0.1) is 10.1 Å². The molecule has 1 fully saturated rings. The SMILES string of the molecule is C[C@H]1[C@@H](C=O)N1S(=O)(=O)c1ccccc1[N+](=O)[O-]. The molecule has 1 unspecified atom stereocenters. The van der Waals surface area contributed by atoms with Crippen LogP contribution in [0.25, 0.3) is 0 Å². The van der Waals surface area contributed by atoms with Crippen LogP contribution in [0.2, 0.25) is 0 Å². The second kappa shape index (κ2) is 4.14. The normalized spacial score (nSPS) is 26.6. The highest BCUT2D eigenvalue weighted by atomic mass is 32.2. The van der Waals surface area contributed by atoms with E-state index in [2.05, 4.69) is 0 Å². The van der Waals surface area contributed by atoms with E-state index in [1.165, 1.54) is 18.2 Å². The van der Waals surface area contributed by atoms with Crippen molar-refractivity contribution in [3.05, 3.63) is 34.4 Å². The summed E-state index contributed by atoms with van der Waals surface area (Å²) >= 11 is 0. The quantitative estimate of drug-likeness (QED) is 0.344. The molecular formula is C10H10N2O5S. The summed E-state index contributed by atoms with van der Waals surface area (Å²) in [7, 11) is -3.99. The third-order valence-electron chi connectivity index (χ3n) is 2.86. The molecule has 0 amide bonds. The molecule has 1 aromatic rings. The maximum absolute atomic E-state index is 12.2. The van der Waals surface area contributed by atoms with Crippen molar-refractivity contribution in [2.24, 2.45) is 0 Å². The van der Waals surface area contributed by atoms with Gasteiger partial charge in [-0.2, -0.15) is 4.31 Å². The average molecular weight is 270 g/mol. The van der Waals surface area contributed by atoms with Crippen LogP contribution in [-0.2, 0) is 14.8 Å². The molecule has 0 N–H and O–H groups in total. The number of aldehydes is 1. The average Bonchev–Trinajstić information content (AvgIpc) is 3.00. The molecule has 1 aliphatic rings. The number of nitro groups is 1. The Morgan fingerprint density at radius 2 is 2.00 bits per heavy atom. The lowest BCUT2D eigenvalue weighted by atomic mass is 10.3. The summed E-state index contributed by atoms with van der Waals surface area (Å²) in [6.45, 7) is 1.57. The number of carbonyl (C=O) groups excluding carboxylic acids is 1. The molecule has 0 radical (unpaired) electrons. The van der Waals surface area contributed by atoms with Crippen molar-refractivity contribution in [3.63, 3.8) is 0 Å². The Labute approximate surface area is 103 Å². The van der Waals surface area contributed by atoms with Crippen molar-refractivity contribution in [3.8, 4) is 0 Å². The summed E-state index contributed by atoms with van der Waals surface area (Å²) < 4.78 is 25.3. The first-order valence-electron chi connectivity index (χ1n) is 5.13. The lowest BCUT2D eigenvalue weighted by Crippen LogP contribution is -2.17. The highest BCUT2D eigenvalue weighted by Crippen LogP contribution is 2.37. The van der Waals surface area contributed by atoms with Gasteiger partial charge in [-0.15, -0.1) is 0 Å². The van der Waals surface area contributed by atoms with E-state index < -0.39 is 32.7 Å². The minimum Gasteiger partial charge on any atom is -0.302 e.